The van der Waals surface area contributed by atoms with Crippen molar-refractivity contribution < 1.29 is 23.8 Å². The van der Waals surface area contributed by atoms with E-state index in [1.54, 1.807) is 31.2 Å². The van der Waals surface area contributed by atoms with Crippen molar-refractivity contribution in [2.75, 3.05) is 27.0 Å². The summed E-state index contributed by atoms with van der Waals surface area (Å²) in [5.41, 5.74) is 1.00. The third-order valence-electron chi connectivity index (χ3n) is 3.46. The molecule has 0 saturated carbocycles. The number of halogens is 1. The number of benzene rings is 1. The van der Waals surface area contributed by atoms with Crippen LogP contribution in [0.4, 0.5) is 0 Å². The molecular weight excluding hydrogens is 439 g/mol. The first kappa shape index (κ1) is 21.1. The first-order valence-electron chi connectivity index (χ1n) is 7.68. The molecule has 0 spiro atoms. The Kier molecular flexibility index (Phi) is 8.53. The first-order chi connectivity index (χ1) is 11.5. The van der Waals surface area contributed by atoms with Gasteiger partial charge in [-0.05, 0) is 24.6 Å². The number of carbonyl (C=O) groups is 2. The molecular formula is C17H23IN2O5. The van der Waals surface area contributed by atoms with Gasteiger partial charge in [-0.15, -0.1) is 24.0 Å². The summed E-state index contributed by atoms with van der Waals surface area (Å²) in [5.74, 6) is 0.615. The van der Waals surface area contributed by atoms with Crippen LogP contribution in [0.15, 0.2) is 30.6 Å². The van der Waals surface area contributed by atoms with Gasteiger partial charge in [0.2, 0.25) is 5.91 Å². The Bertz CT molecular complexity index is 635. The summed E-state index contributed by atoms with van der Waals surface area (Å²) >= 11 is 0. The molecule has 8 heteroatoms. The van der Waals surface area contributed by atoms with Crippen molar-refractivity contribution in [1.82, 2.24) is 9.80 Å². The molecule has 0 N–H and O–H groups in total. The monoisotopic (exact) mass is 462 g/mol. The quantitative estimate of drug-likeness (QED) is 0.458. The van der Waals surface area contributed by atoms with E-state index in [2.05, 4.69) is 0 Å². The van der Waals surface area contributed by atoms with Crippen LogP contribution >= 0.6 is 24.0 Å². The van der Waals surface area contributed by atoms with Crippen molar-refractivity contribution in [3.8, 4) is 11.5 Å². The van der Waals surface area contributed by atoms with E-state index in [0.29, 0.717) is 31.3 Å². The summed E-state index contributed by atoms with van der Waals surface area (Å²) < 4.78 is 15.6. The Morgan fingerprint density at radius 1 is 1.20 bits per heavy atom. The lowest BCUT2D eigenvalue weighted by atomic mass is 10.2. The average Bonchev–Trinajstić information content (AvgIpc) is 3.02. The van der Waals surface area contributed by atoms with Gasteiger partial charge in [-0.1, -0.05) is 6.07 Å². The van der Waals surface area contributed by atoms with Crippen molar-refractivity contribution >= 4 is 35.9 Å². The summed E-state index contributed by atoms with van der Waals surface area (Å²) in [6.07, 6.45) is 3.63. The lowest BCUT2D eigenvalue weighted by Gasteiger charge is -2.19. The van der Waals surface area contributed by atoms with E-state index in [-0.39, 0.29) is 36.5 Å². The standard InChI is InChI=1S/C17H22N2O5.HI/c1-4-23-17(21)11-24-15-6-5-14(9-16(15)22-3)10-18-7-8-19(12-18)13(2)20;/h5-9H,4,10-12H2,1-3H3;1H. The maximum Gasteiger partial charge on any atom is 0.344 e. The van der Waals surface area contributed by atoms with E-state index >= 15 is 0 Å². The van der Waals surface area contributed by atoms with Crippen molar-refractivity contribution in [2.24, 2.45) is 0 Å². The highest BCUT2D eigenvalue weighted by molar-refractivity contribution is 14.0. The molecule has 1 heterocycles. The minimum atomic E-state index is -0.421. The summed E-state index contributed by atoms with van der Waals surface area (Å²) in [5, 5.41) is 0. The van der Waals surface area contributed by atoms with Crippen molar-refractivity contribution in [3.05, 3.63) is 36.2 Å². The zero-order valence-electron chi connectivity index (χ0n) is 14.6. The fourth-order valence-electron chi connectivity index (χ4n) is 2.28. The highest BCUT2D eigenvalue weighted by Crippen LogP contribution is 2.29. The highest BCUT2D eigenvalue weighted by Gasteiger charge is 2.16. The van der Waals surface area contributed by atoms with E-state index in [1.807, 2.05) is 23.2 Å². The molecule has 1 aromatic rings. The van der Waals surface area contributed by atoms with E-state index < -0.39 is 5.97 Å². The molecule has 0 aromatic heterocycles. The fraction of sp³-hybridized carbons (Fsp3) is 0.412. The normalized spacial score (nSPS) is 12.6. The van der Waals surface area contributed by atoms with Gasteiger partial charge >= 0.3 is 5.97 Å². The number of esters is 1. The number of rotatable bonds is 7. The van der Waals surface area contributed by atoms with Crippen LogP contribution in [0.25, 0.3) is 0 Å². The third kappa shape index (κ3) is 6.11. The molecule has 1 aliphatic heterocycles. The predicted octanol–water partition coefficient (Wildman–Crippen LogP) is 2.35. The highest BCUT2D eigenvalue weighted by atomic mass is 127. The van der Waals surface area contributed by atoms with Crippen LogP contribution in [0.1, 0.15) is 19.4 Å². The first-order valence-corrected chi connectivity index (χ1v) is 7.68. The van der Waals surface area contributed by atoms with E-state index in [9.17, 15) is 9.59 Å². The number of amides is 1. The molecule has 138 valence electrons. The van der Waals surface area contributed by atoms with Gasteiger partial charge in [0.05, 0.1) is 20.4 Å². The van der Waals surface area contributed by atoms with Crippen molar-refractivity contribution in [1.29, 1.82) is 0 Å². The van der Waals surface area contributed by atoms with Crippen LogP contribution < -0.4 is 9.47 Å². The molecule has 0 atom stereocenters. The fourth-order valence-corrected chi connectivity index (χ4v) is 2.28. The maximum atomic E-state index is 11.4. The van der Waals surface area contributed by atoms with E-state index in [0.717, 1.165) is 5.56 Å². The van der Waals surface area contributed by atoms with Gasteiger partial charge in [-0.25, -0.2) is 4.79 Å². The number of hydrogen-bond acceptors (Lipinski definition) is 6. The van der Waals surface area contributed by atoms with Gasteiger partial charge in [0.25, 0.3) is 0 Å². The van der Waals surface area contributed by atoms with Crippen LogP contribution in [0.5, 0.6) is 11.5 Å². The lowest BCUT2D eigenvalue weighted by molar-refractivity contribution is -0.145. The van der Waals surface area contributed by atoms with Crippen molar-refractivity contribution in [3.63, 3.8) is 0 Å². The molecule has 0 fully saturated rings. The summed E-state index contributed by atoms with van der Waals surface area (Å²) in [6, 6.07) is 5.51. The number of methoxy groups -OCH3 is 1. The van der Waals surface area contributed by atoms with E-state index in [4.69, 9.17) is 14.2 Å². The van der Waals surface area contributed by atoms with Gasteiger partial charge in [0.15, 0.2) is 18.1 Å². The average molecular weight is 462 g/mol. The molecule has 7 nitrogen and oxygen atoms in total. The second kappa shape index (κ2) is 10.1. The largest absolute Gasteiger partial charge is 0.493 e. The Hall–Kier alpha value is -1.97. The van der Waals surface area contributed by atoms with Crippen LogP contribution in [-0.4, -0.2) is 48.7 Å². The Labute approximate surface area is 164 Å². The number of ether oxygens (including phenoxy) is 3. The second-order valence-electron chi connectivity index (χ2n) is 5.25. The van der Waals surface area contributed by atoms with Gasteiger partial charge < -0.3 is 19.1 Å². The summed E-state index contributed by atoms with van der Waals surface area (Å²) in [4.78, 5) is 26.3. The van der Waals surface area contributed by atoms with Gasteiger partial charge in [0, 0.05) is 25.9 Å². The molecule has 0 unspecified atom stereocenters. The Balaban J connectivity index is 0.00000312. The van der Waals surface area contributed by atoms with E-state index in [1.165, 1.54) is 6.92 Å². The number of hydrogen-bond donors (Lipinski definition) is 0. The molecule has 0 bridgehead atoms. The molecule has 1 amide bonds. The molecule has 1 aromatic carbocycles. The minimum absolute atomic E-state index is 0. The molecule has 1 aliphatic rings. The number of nitrogens with zero attached hydrogens (tertiary/aromatic N) is 2. The van der Waals surface area contributed by atoms with Crippen molar-refractivity contribution in [2.45, 2.75) is 20.4 Å². The van der Waals surface area contributed by atoms with Gasteiger partial charge in [-0.3, -0.25) is 9.69 Å². The molecule has 2 rings (SSSR count). The number of carbonyl (C=O) groups excluding carboxylic acids is 2. The van der Waals surface area contributed by atoms with Gasteiger partial charge in [-0.2, -0.15) is 0 Å². The van der Waals surface area contributed by atoms with Crippen LogP contribution in [0, 0.1) is 0 Å². The third-order valence-corrected chi connectivity index (χ3v) is 3.46. The zero-order chi connectivity index (χ0) is 17.5. The Morgan fingerprint density at radius 3 is 2.56 bits per heavy atom. The predicted molar refractivity (Wildman–Crippen MR) is 103 cm³/mol. The summed E-state index contributed by atoms with van der Waals surface area (Å²) in [7, 11) is 1.55. The molecule has 0 saturated heterocycles. The maximum absolute atomic E-state index is 11.4. The van der Waals surface area contributed by atoms with Crippen LogP contribution in [0.3, 0.4) is 0 Å². The molecule has 25 heavy (non-hydrogen) atoms. The minimum Gasteiger partial charge on any atom is -0.493 e. The Morgan fingerprint density at radius 2 is 1.96 bits per heavy atom. The van der Waals surface area contributed by atoms with Gasteiger partial charge in [0.1, 0.15) is 0 Å². The summed E-state index contributed by atoms with van der Waals surface area (Å²) in [6.45, 7) is 4.60. The van der Waals surface area contributed by atoms with Crippen LogP contribution in [-0.2, 0) is 20.9 Å². The lowest BCUT2D eigenvalue weighted by Crippen LogP contribution is -2.28. The smallest absolute Gasteiger partial charge is 0.344 e. The second-order valence-corrected chi connectivity index (χ2v) is 5.25. The molecule has 0 radical (unpaired) electrons. The molecule has 0 aliphatic carbocycles. The topological polar surface area (TPSA) is 68.3 Å². The van der Waals surface area contributed by atoms with Crippen LogP contribution in [0.2, 0.25) is 0 Å². The SMILES string of the molecule is CCOC(=O)COc1ccc(CN2C=CN(C(C)=O)C2)cc1OC.I. The zero-order valence-corrected chi connectivity index (χ0v) is 16.9.